The summed E-state index contributed by atoms with van der Waals surface area (Å²) in [5.74, 6) is 1.81. The molecule has 2 aromatic rings. The molecule has 1 aromatic heterocycles. The van der Waals surface area contributed by atoms with Crippen molar-refractivity contribution in [2.45, 2.75) is 69.6 Å². The molecule has 2 aliphatic rings. The Balaban J connectivity index is 1.57. The summed E-state index contributed by atoms with van der Waals surface area (Å²) in [4.78, 5) is 5.07. The van der Waals surface area contributed by atoms with Gasteiger partial charge in [0.15, 0.2) is 11.0 Å². The molecule has 3 atom stereocenters. The molecule has 2 unspecified atom stereocenters. The zero-order valence-corrected chi connectivity index (χ0v) is 18.6. The number of anilines is 1. The third-order valence-electron chi connectivity index (χ3n) is 7.11. The first-order valence-electron chi connectivity index (χ1n) is 10.5. The van der Waals surface area contributed by atoms with Gasteiger partial charge in [0.05, 0.1) is 7.11 Å². The van der Waals surface area contributed by atoms with Crippen molar-refractivity contribution in [1.82, 2.24) is 15.1 Å². The molecule has 2 fully saturated rings. The molecule has 0 radical (unpaired) electrons. The normalized spacial score (nSPS) is 29.5. The van der Waals surface area contributed by atoms with Crippen molar-refractivity contribution in [3.8, 4) is 5.75 Å². The van der Waals surface area contributed by atoms with Crippen molar-refractivity contribution in [3.63, 3.8) is 0 Å². The minimum atomic E-state index is 0.171. The Morgan fingerprint density at radius 1 is 1.07 bits per heavy atom. The number of rotatable bonds is 5. The third-order valence-corrected chi connectivity index (χ3v) is 7.31. The third kappa shape index (κ3) is 3.95. The summed E-state index contributed by atoms with van der Waals surface area (Å²) in [6.45, 7) is 5.87. The first kappa shape index (κ1) is 20.4. The topological polar surface area (TPSA) is 41.5 Å². The van der Waals surface area contributed by atoms with Crippen molar-refractivity contribution in [2.24, 2.45) is 0 Å². The number of halogens is 1. The lowest BCUT2D eigenvalue weighted by Crippen LogP contribution is -2.67. The predicted octanol–water partition coefficient (Wildman–Crippen LogP) is 4.94. The standard InChI is InChI=1S/C23H31ClN4O/c1-22-12-5-13-23(2,28(22)16-17-6-8-19(29-4)9-7-17)15-18(14-22)27(3)21-11-10-20(24)25-26-21/h6-11,18H,5,12-16H2,1-4H3/t18?,22-,23?/m0/s1. The number of aromatic nitrogens is 2. The highest BCUT2D eigenvalue weighted by Crippen LogP contribution is 2.50. The van der Waals surface area contributed by atoms with Crippen LogP contribution in [0.5, 0.6) is 5.75 Å². The molecule has 2 saturated heterocycles. The molecule has 29 heavy (non-hydrogen) atoms. The molecule has 0 aliphatic carbocycles. The van der Waals surface area contributed by atoms with Gasteiger partial charge in [-0.05, 0) is 75.8 Å². The van der Waals surface area contributed by atoms with Gasteiger partial charge in [-0.2, -0.15) is 0 Å². The Morgan fingerprint density at radius 3 is 2.28 bits per heavy atom. The molecule has 0 spiro atoms. The van der Waals surface area contributed by atoms with Gasteiger partial charge in [0.25, 0.3) is 0 Å². The molecule has 2 aliphatic heterocycles. The Bertz CT molecular complexity index is 823. The molecule has 3 heterocycles. The van der Waals surface area contributed by atoms with Gasteiger partial charge < -0.3 is 9.64 Å². The van der Waals surface area contributed by atoms with Gasteiger partial charge in [-0.15, -0.1) is 10.2 Å². The fourth-order valence-corrected chi connectivity index (χ4v) is 5.64. The molecular formula is C23H31ClN4O. The maximum atomic E-state index is 5.93. The van der Waals surface area contributed by atoms with Crippen LogP contribution in [0.15, 0.2) is 36.4 Å². The summed E-state index contributed by atoms with van der Waals surface area (Å²) in [7, 11) is 3.86. The van der Waals surface area contributed by atoms with Gasteiger partial charge in [-0.1, -0.05) is 23.7 Å². The Morgan fingerprint density at radius 2 is 1.72 bits per heavy atom. The van der Waals surface area contributed by atoms with E-state index in [1.165, 1.54) is 24.8 Å². The number of piperidine rings is 2. The summed E-state index contributed by atoms with van der Waals surface area (Å²) in [6.07, 6.45) is 6.01. The van der Waals surface area contributed by atoms with Crippen molar-refractivity contribution in [2.75, 3.05) is 19.1 Å². The van der Waals surface area contributed by atoms with Gasteiger partial charge in [-0.25, -0.2) is 0 Å². The van der Waals surface area contributed by atoms with Crippen molar-refractivity contribution >= 4 is 17.4 Å². The summed E-state index contributed by atoms with van der Waals surface area (Å²) >= 11 is 5.93. The van der Waals surface area contributed by atoms with Gasteiger partial charge in [0.2, 0.25) is 0 Å². The van der Waals surface area contributed by atoms with E-state index >= 15 is 0 Å². The van der Waals surface area contributed by atoms with Crippen LogP contribution >= 0.6 is 11.6 Å². The van der Waals surface area contributed by atoms with Crippen molar-refractivity contribution < 1.29 is 4.74 Å². The van der Waals surface area contributed by atoms with E-state index in [0.29, 0.717) is 11.2 Å². The van der Waals surface area contributed by atoms with Crippen LogP contribution in [0.1, 0.15) is 51.5 Å². The fraction of sp³-hybridized carbons (Fsp3) is 0.565. The molecule has 4 rings (SSSR count). The second kappa shape index (κ2) is 7.77. The SMILES string of the molecule is COc1ccc(CN2C3(C)CCC[C@@]2(C)CC(N(C)c2ccc(Cl)nn2)C3)cc1. The summed E-state index contributed by atoms with van der Waals surface area (Å²) < 4.78 is 5.32. The number of methoxy groups -OCH3 is 1. The number of fused-ring (bicyclic) bond motifs is 2. The van der Waals surface area contributed by atoms with Gasteiger partial charge in [-0.3, -0.25) is 4.90 Å². The second-order valence-corrected chi connectivity index (χ2v) is 9.56. The van der Waals surface area contributed by atoms with Gasteiger partial charge in [0, 0.05) is 30.7 Å². The number of nitrogens with zero attached hydrogens (tertiary/aromatic N) is 4. The summed E-state index contributed by atoms with van der Waals surface area (Å²) in [5.41, 5.74) is 1.69. The quantitative estimate of drug-likeness (QED) is 0.693. The molecule has 0 amide bonds. The lowest BCUT2D eigenvalue weighted by molar-refractivity contribution is -0.0976. The van der Waals surface area contributed by atoms with E-state index in [-0.39, 0.29) is 11.1 Å². The monoisotopic (exact) mass is 414 g/mol. The summed E-state index contributed by atoms with van der Waals surface area (Å²) in [5, 5.41) is 8.79. The van der Waals surface area contributed by atoms with Crippen LogP contribution in [-0.4, -0.2) is 46.4 Å². The molecule has 156 valence electrons. The van der Waals surface area contributed by atoms with E-state index in [1.54, 1.807) is 7.11 Å². The molecule has 1 aromatic carbocycles. The Hall–Kier alpha value is -1.85. The average Bonchev–Trinajstić information content (AvgIpc) is 2.70. The minimum Gasteiger partial charge on any atom is -0.497 e. The number of hydrogen-bond acceptors (Lipinski definition) is 5. The number of ether oxygens (including phenoxy) is 1. The number of hydrogen-bond donors (Lipinski definition) is 0. The Kier molecular flexibility index (Phi) is 5.47. The molecule has 6 heteroatoms. The van der Waals surface area contributed by atoms with Crippen LogP contribution in [0.3, 0.4) is 0 Å². The lowest BCUT2D eigenvalue weighted by Gasteiger charge is -2.62. The first-order valence-corrected chi connectivity index (χ1v) is 10.8. The summed E-state index contributed by atoms with van der Waals surface area (Å²) in [6, 6.07) is 12.8. The van der Waals surface area contributed by atoms with Crippen LogP contribution in [-0.2, 0) is 6.54 Å². The molecule has 2 bridgehead atoms. The van der Waals surface area contributed by atoms with Crippen molar-refractivity contribution in [1.29, 1.82) is 0 Å². The average molecular weight is 415 g/mol. The van der Waals surface area contributed by atoms with E-state index in [0.717, 1.165) is 31.0 Å². The number of benzene rings is 1. The maximum Gasteiger partial charge on any atom is 0.151 e. The van der Waals surface area contributed by atoms with Crippen LogP contribution in [0.2, 0.25) is 5.15 Å². The smallest absolute Gasteiger partial charge is 0.151 e. The van der Waals surface area contributed by atoms with Crippen molar-refractivity contribution in [3.05, 3.63) is 47.1 Å². The van der Waals surface area contributed by atoms with Crippen LogP contribution in [0.4, 0.5) is 5.82 Å². The van der Waals surface area contributed by atoms with Crippen LogP contribution in [0, 0.1) is 0 Å². The molecule has 0 saturated carbocycles. The second-order valence-electron chi connectivity index (χ2n) is 9.17. The van der Waals surface area contributed by atoms with E-state index in [2.05, 4.69) is 65.2 Å². The van der Waals surface area contributed by atoms with Crippen LogP contribution < -0.4 is 9.64 Å². The van der Waals surface area contributed by atoms with Crippen LogP contribution in [0.25, 0.3) is 0 Å². The van der Waals surface area contributed by atoms with E-state index in [1.807, 2.05) is 12.1 Å². The first-order chi connectivity index (χ1) is 13.8. The highest BCUT2D eigenvalue weighted by molar-refractivity contribution is 6.29. The molecule has 0 N–H and O–H groups in total. The predicted molar refractivity (Wildman–Crippen MR) is 118 cm³/mol. The largest absolute Gasteiger partial charge is 0.497 e. The highest BCUT2D eigenvalue weighted by Gasteiger charge is 2.52. The highest BCUT2D eigenvalue weighted by atomic mass is 35.5. The Labute approximate surface area is 179 Å². The van der Waals surface area contributed by atoms with Gasteiger partial charge >= 0.3 is 0 Å². The lowest BCUT2D eigenvalue weighted by atomic mass is 9.66. The minimum absolute atomic E-state index is 0.171. The van der Waals surface area contributed by atoms with E-state index < -0.39 is 0 Å². The fourth-order valence-electron chi connectivity index (χ4n) is 5.54. The zero-order valence-electron chi connectivity index (χ0n) is 17.9. The van der Waals surface area contributed by atoms with E-state index in [9.17, 15) is 0 Å². The maximum absolute atomic E-state index is 5.93. The van der Waals surface area contributed by atoms with Gasteiger partial charge in [0.1, 0.15) is 5.75 Å². The molecule has 5 nitrogen and oxygen atoms in total. The van der Waals surface area contributed by atoms with E-state index in [4.69, 9.17) is 16.3 Å². The molecular weight excluding hydrogens is 384 g/mol. The zero-order chi connectivity index (χ0) is 20.6.